The Morgan fingerprint density at radius 2 is 1.13 bits per heavy atom. The van der Waals surface area contributed by atoms with Crippen LogP contribution in [0.1, 0.15) is 108 Å². The van der Waals surface area contributed by atoms with Crippen molar-refractivity contribution in [3.63, 3.8) is 0 Å². The second-order valence-electron chi connectivity index (χ2n) is 15.9. The lowest BCUT2D eigenvalue weighted by Crippen LogP contribution is -2.57. The molecule has 4 aliphatic heterocycles. The van der Waals surface area contributed by atoms with Crippen LogP contribution in [0.15, 0.2) is 24.3 Å². The van der Waals surface area contributed by atoms with E-state index >= 15 is 0 Å². The molecule has 3 N–H and O–H groups in total. The lowest BCUT2D eigenvalue weighted by molar-refractivity contribution is 0.0827. The molecule has 7 nitrogen and oxygen atoms in total. The van der Waals surface area contributed by atoms with E-state index in [1.54, 1.807) is 5.56 Å². The van der Waals surface area contributed by atoms with Crippen molar-refractivity contribution < 1.29 is 0 Å². The summed E-state index contributed by atoms with van der Waals surface area (Å²) < 4.78 is 0. The molecule has 0 bridgehead atoms. The summed E-state index contributed by atoms with van der Waals surface area (Å²) in [7, 11) is 0. The molecule has 3 saturated heterocycles. The maximum atomic E-state index is 3.52. The van der Waals surface area contributed by atoms with Gasteiger partial charge in [-0.05, 0) is 114 Å². The monoisotopic (exact) mass is 644 g/mol. The number of nitrogens with one attached hydrogen (secondary N) is 3. The third-order valence-electron chi connectivity index (χ3n) is 10.2. The van der Waals surface area contributed by atoms with E-state index in [4.69, 9.17) is 0 Å². The third kappa shape index (κ3) is 13.8. The van der Waals surface area contributed by atoms with Gasteiger partial charge in [0.25, 0.3) is 0 Å². The molecule has 4 heterocycles. The van der Waals surface area contributed by atoms with Crippen molar-refractivity contribution in [2.75, 3.05) is 45.8 Å². The summed E-state index contributed by atoms with van der Waals surface area (Å²) in [6.45, 7) is 41.2. The van der Waals surface area contributed by atoms with Crippen LogP contribution in [-0.4, -0.2) is 126 Å². The first-order chi connectivity index (χ1) is 21.6. The smallest absolute Gasteiger partial charge is 0.0239 e. The molecular formula is C39H77N7. The van der Waals surface area contributed by atoms with E-state index in [0.29, 0.717) is 60.4 Å². The molecule has 0 radical (unpaired) electrons. The molecule has 0 amide bonds. The molecule has 6 atom stereocenters. The number of rotatable bonds is 4. The highest BCUT2D eigenvalue weighted by Gasteiger charge is 2.26. The number of hydrogen-bond acceptors (Lipinski definition) is 7. The predicted molar refractivity (Wildman–Crippen MR) is 202 cm³/mol. The van der Waals surface area contributed by atoms with Crippen LogP contribution in [0.4, 0.5) is 0 Å². The quantitative estimate of drug-likeness (QED) is 0.390. The van der Waals surface area contributed by atoms with Crippen molar-refractivity contribution in [2.45, 2.75) is 170 Å². The van der Waals surface area contributed by atoms with Gasteiger partial charge in [-0.2, -0.15) is 0 Å². The molecule has 268 valence electrons. The van der Waals surface area contributed by atoms with E-state index in [2.05, 4.69) is 157 Å². The molecule has 46 heavy (non-hydrogen) atoms. The van der Waals surface area contributed by atoms with Crippen LogP contribution in [0.2, 0.25) is 0 Å². The minimum Gasteiger partial charge on any atom is -0.314 e. The van der Waals surface area contributed by atoms with Crippen LogP contribution in [0.5, 0.6) is 0 Å². The minimum atomic E-state index is 0.654. The van der Waals surface area contributed by atoms with E-state index in [9.17, 15) is 0 Å². The van der Waals surface area contributed by atoms with E-state index in [-0.39, 0.29) is 0 Å². The Kier molecular flexibility index (Phi) is 18.3. The van der Waals surface area contributed by atoms with Gasteiger partial charge in [0.2, 0.25) is 0 Å². The van der Waals surface area contributed by atoms with Gasteiger partial charge in [0.05, 0.1) is 0 Å². The molecule has 0 aliphatic carbocycles. The van der Waals surface area contributed by atoms with Crippen molar-refractivity contribution in [3.8, 4) is 0 Å². The molecule has 0 spiro atoms. The zero-order valence-corrected chi connectivity index (χ0v) is 32.7. The fourth-order valence-electron chi connectivity index (χ4n) is 7.68. The number of benzene rings is 1. The maximum absolute atomic E-state index is 3.52. The summed E-state index contributed by atoms with van der Waals surface area (Å²) in [4.78, 5) is 10.2. The van der Waals surface area contributed by atoms with Gasteiger partial charge in [-0.25, -0.2) is 0 Å². The van der Waals surface area contributed by atoms with Gasteiger partial charge in [-0.1, -0.05) is 24.3 Å². The summed E-state index contributed by atoms with van der Waals surface area (Å²) >= 11 is 0. The fraction of sp³-hybridized carbons (Fsp3) is 0.846. The third-order valence-corrected chi connectivity index (χ3v) is 10.2. The number of hydrogen-bond donors (Lipinski definition) is 3. The molecule has 6 unspecified atom stereocenters. The highest BCUT2D eigenvalue weighted by molar-refractivity contribution is 5.29. The Balaban J connectivity index is 0.000000214. The van der Waals surface area contributed by atoms with Crippen molar-refractivity contribution >= 4 is 0 Å². The summed E-state index contributed by atoms with van der Waals surface area (Å²) in [6, 6.07) is 15.6. The van der Waals surface area contributed by atoms with E-state index < -0.39 is 0 Å². The standard InChI is InChI=1S/C12H17N.3C9H20N2/c1-10(2)13-8-7-11-5-3-4-6-12(11)9-13;1-7(2)11-6-8(3)10-5-9(11)4;1-7(2)11-5-8(3)10-9(4)6-11;1-7(2)11-8(3)5-10-6-9(11)4/h3-6,10H,7-9H2,1-2H3;3*7-10H,5-6H2,1-4H3. The Hall–Kier alpha value is -1.06. The van der Waals surface area contributed by atoms with E-state index in [0.717, 1.165) is 26.2 Å². The second-order valence-corrected chi connectivity index (χ2v) is 15.9. The first-order valence-electron chi connectivity index (χ1n) is 18.9. The number of piperazine rings is 3. The molecule has 5 rings (SSSR count). The second kappa shape index (κ2) is 20.5. The molecule has 1 aromatic carbocycles. The molecular weight excluding hydrogens is 566 g/mol. The van der Waals surface area contributed by atoms with Crippen LogP contribution in [0.3, 0.4) is 0 Å². The Morgan fingerprint density at radius 3 is 1.59 bits per heavy atom. The van der Waals surface area contributed by atoms with Crippen molar-refractivity contribution in [2.24, 2.45) is 0 Å². The highest BCUT2D eigenvalue weighted by Crippen LogP contribution is 2.20. The van der Waals surface area contributed by atoms with E-state index in [1.807, 2.05) is 0 Å². The van der Waals surface area contributed by atoms with Gasteiger partial charge in [-0.3, -0.25) is 19.6 Å². The van der Waals surface area contributed by atoms with Crippen LogP contribution in [0, 0.1) is 0 Å². The van der Waals surface area contributed by atoms with Crippen LogP contribution < -0.4 is 16.0 Å². The average Bonchev–Trinajstić information content (AvgIpc) is 2.98. The molecule has 1 aromatic rings. The van der Waals surface area contributed by atoms with Gasteiger partial charge in [0.15, 0.2) is 0 Å². The van der Waals surface area contributed by atoms with Crippen LogP contribution >= 0.6 is 0 Å². The fourth-order valence-corrected chi connectivity index (χ4v) is 7.68. The predicted octanol–water partition coefficient (Wildman–Crippen LogP) is 5.68. The highest BCUT2D eigenvalue weighted by atomic mass is 15.3. The molecule has 0 aromatic heterocycles. The van der Waals surface area contributed by atoms with Crippen molar-refractivity contribution in [3.05, 3.63) is 35.4 Å². The minimum absolute atomic E-state index is 0.654. The Bertz CT molecular complexity index is 930. The van der Waals surface area contributed by atoms with Crippen molar-refractivity contribution in [1.29, 1.82) is 0 Å². The molecule has 3 fully saturated rings. The molecule has 0 saturated carbocycles. The zero-order chi connectivity index (χ0) is 34.6. The molecule has 4 aliphatic rings. The lowest BCUT2D eigenvalue weighted by atomic mass is 9.99. The average molecular weight is 644 g/mol. The topological polar surface area (TPSA) is 49.1 Å². The van der Waals surface area contributed by atoms with Crippen LogP contribution in [-0.2, 0) is 13.0 Å². The maximum Gasteiger partial charge on any atom is 0.0239 e. The van der Waals surface area contributed by atoms with Gasteiger partial charge in [0, 0.05) is 113 Å². The van der Waals surface area contributed by atoms with Gasteiger partial charge >= 0.3 is 0 Å². The number of fused-ring (bicyclic) bond motifs is 1. The Labute approximate surface area is 286 Å². The first-order valence-corrected chi connectivity index (χ1v) is 18.9. The SMILES string of the molecule is CC(C)N1C(C)CNCC1C.CC(C)N1CCc2ccccc2C1.CC1CN(C(C)C)C(C)CN1.CC1CN(C(C)C)CC(C)N1. The zero-order valence-electron chi connectivity index (χ0n) is 32.7. The Morgan fingerprint density at radius 1 is 0.587 bits per heavy atom. The van der Waals surface area contributed by atoms with Gasteiger partial charge in [0.1, 0.15) is 0 Å². The van der Waals surface area contributed by atoms with Crippen LogP contribution in [0.25, 0.3) is 0 Å². The summed E-state index contributed by atoms with van der Waals surface area (Å²) in [5.74, 6) is 0. The molecule has 7 heteroatoms. The largest absolute Gasteiger partial charge is 0.314 e. The normalized spacial score (nSPS) is 29.8. The van der Waals surface area contributed by atoms with Crippen molar-refractivity contribution in [1.82, 2.24) is 35.6 Å². The number of nitrogens with zero attached hydrogens (tertiary/aromatic N) is 4. The lowest BCUT2D eigenvalue weighted by Gasteiger charge is -2.42. The first kappa shape index (κ1) is 41.1. The summed E-state index contributed by atoms with van der Waals surface area (Å²) in [6.07, 6.45) is 1.22. The van der Waals surface area contributed by atoms with E-state index in [1.165, 1.54) is 38.2 Å². The summed E-state index contributed by atoms with van der Waals surface area (Å²) in [5, 5.41) is 10.4. The summed E-state index contributed by atoms with van der Waals surface area (Å²) in [5.41, 5.74) is 3.06. The van der Waals surface area contributed by atoms with Gasteiger partial charge in [-0.15, -0.1) is 0 Å². The van der Waals surface area contributed by atoms with Gasteiger partial charge < -0.3 is 16.0 Å².